The third kappa shape index (κ3) is 3.87. The predicted molar refractivity (Wildman–Crippen MR) is 93.6 cm³/mol. The number of methoxy groups -OCH3 is 1. The third-order valence-electron chi connectivity index (χ3n) is 3.86. The van der Waals surface area contributed by atoms with Gasteiger partial charge in [0, 0.05) is 11.9 Å². The van der Waals surface area contributed by atoms with E-state index in [1.807, 2.05) is 13.0 Å². The number of furan rings is 1. The quantitative estimate of drug-likeness (QED) is 0.741. The van der Waals surface area contributed by atoms with Crippen LogP contribution in [0.1, 0.15) is 55.3 Å². The molecule has 5 nitrogen and oxygen atoms in total. The van der Waals surface area contributed by atoms with Gasteiger partial charge in [0.15, 0.2) is 0 Å². The van der Waals surface area contributed by atoms with Crippen LogP contribution < -0.4 is 0 Å². The maximum absolute atomic E-state index is 12.6. The van der Waals surface area contributed by atoms with Gasteiger partial charge in [0.1, 0.15) is 17.1 Å². The molecule has 0 bridgehead atoms. The monoisotopic (exact) mass is 349 g/mol. The van der Waals surface area contributed by atoms with Gasteiger partial charge in [-0.15, -0.1) is 11.3 Å². The molecule has 0 unspecified atom stereocenters. The molecular weight excluding hydrogens is 326 g/mol. The average molecular weight is 349 g/mol. The highest BCUT2D eigenvalue weighted by Crippen LogP contribution is 2.25. The standard InChI is InChI=1S/C18H23NO4S/c1-6-7-13-8-16(24-12(13)3)17(20)19(4)10-14-9-15(11(2)23-14)18(21)22-5/h8-9H,6-7,10H2,1-5H3. The van der Waals surface area contributed by atoms with E-state index in [0.717, 1.165) is 17.7 Å². The third-order valence-corrected chi connectivity index (χ3v) is 4.95. The summed E-state index contributed by atoms with van der Waals surface area (Å²) >= 11 is 1.52. The fraction of sp³-hybridized carbons (Fsp3) is 0.444. The van der Waals surface area contributed by atoms with Crippen molar-refractivity contribution in [2.75, 3.05) is 14.2 Å². The van der Waals surface area contributed by atoms with Crippen LogP contribution in [0, 0.1) is 13.8 Å². The van der Waals surface area contributed by atoms with Crippen molar-refractivity contribution in [3.8, 4) is 0 Å². The predicted octanol–water partition coefficient (Wildman–Crippen LogP) is 3.97. The minimum absolute atomic E-state index is 0.0425. The Bertz CT molecular complexity index is 744. The molecule has 1 amide bonds. The number of thiophene rings is 1. The van der Waals surface area contributed by atoms with Crippen LogP contribution in [0.25, 0.3) is 0 Å². The van der Waals surface area contributed by atoms with E-state index < -0.39 is 5.97 Å². The van der Waals surface area contributed by atoms with Crippen LogP contribution in [0.4, 0.5) is 0 Å². The summed E-state index contributed by atoms with van der Waals surface area (Å²) in [4.78, 5) is 27.8. The van der Waals surface area contributed by atoms with Gasteiger partial charge in [-0.3, -0.25) is 4.79 Å². The van der Waals surface area contributed by atoms with Crippen molar-refractivity contribution in [1.82, 2.24) is 4.90 Å². The van der Waals surface area contributed by atoms with Crippen molar-refractivity contribution < 1.29 is 18.7 Å². The van der Waals surface area contributed by atoms with Crippen molar-refractivity contribution in [2.45, 2.75) is 40.2 Å². The molecule has 0 N–H and O–H groups in total. The van der Waals surface area contributed by atoms with Crippen LogP contribution in [0.5, 0.6) is 0 Å². The van der Waals surface area contributed by atoms with E-state index in [0.29, 0.717) is 23.6 Å². The smallest absolute Gasteiger partial charge is 0.341 e. The molecule has 6 heteroatoms. The normalized spacial score (nSPS) is 10.7. The molecule has 0 saturated heterocycles. The van der Waals surface area contributed by atoms with E-state index in [4.69, 9.17) is 9.15 Å². The first-order valence-electron chi connectivity index (χ1n) is 7.89. The highest BCUT2D eigenvalue weighted by molar-refractivity contribution is 7.14. The number of ether oxygens (including phenoxy) is 1. The number of esters is 1. The molecule has 0 radical (unpaired) electrons. The first kappa shape index (κ1) is 18.3. The molecule has 0 aliphatic carbocycles. The number of carbonyl (C=O) groups is 2. The zero-order valence-corrected chi connectivity index (χ0v) is 15.6. The molecule has 0 atom stereocenters. The zero-order chi connectivity index (χ0) is 17.9. The van der Waals surface area contributed by atoms with Crippen LogP contribution in [-0.2, 0) is 17.7 Å². The Hall–Kier alpha value is -2.08. The Labute approximate surface area is 146 Å². The van der Waals surface area contributed by atoms with Crippen molar-refractivity contribution in [1.29, 1.82) is 0 Å². The topological polar surface area (TPSA) is 59.8 Å². The second-order valence-corrected chi connectivity index (χ2v) is 7.03. The lowest BCUT2D eigenvalue weighted by Gasteiger charge is -2.14. The van der Waals surface area contributed by atoms with Crippen molar-refractivity contribution >= 4 is 23.2 Å². The van der Waals surface area contributed by atoms with E-state index >= 15 is 0 Å². The summed E-state index contributed by atoms with van der Waals surface area (Å²) in [6, 6.07) is 3.61. The highest BCUT2D eigenvalue weighted by Gasteiger charge is 2.20. The summed E-state index contributed by atoms with van der Waals surface area (Å²) in [7, 11) is 3.06. The largest absolute Gasteiger partial charge is 0.465 e. The van der Waals surface area contributed by atoms with Crippen molar-refractivity contribution in [3.63, 3.8) is 0 Å². The van der Waals surface area contributed by atoms with E-state index in [1.54, 1.807) is 24.9 Å². The molecule has 24 heavy (non-hydrogen) atoms. The lowest BCUT2D eigenvalue weighted by atomic mass is 10.1. The number of aryl methyl sites for hydroxylation is 3. The maximum Gasteiger partial charge on any atom is 0.341 e. The summed E-state index contributed by atoms with van der Waals surface area (Å²) in [5, 5.41) is 0. The zero-order valence-electron chi connectivity index (χ0n) is 14.8. The Morgan fingerprint density at radius 1 is 1.29 bits per heavy atom. The summed E-state index contributed by atoms with van der Waals surface area (Å²) in [6.45, 7) is 6.18. The van der Waals surface area contributed by atoms with Gasteiger partial charge < -0.3 is 14.1 Å². The minimum Gasteiger partial charge on any atom is -0.465 e. The number of hydrogen-bond donors (Lipinski definition) is 0. The molecule has 0 spiro atoms. The van der Waals surface area contributed by atoms with Crippen LogP contribution in [-0.4, -0.2) is 30.9 Å². The van der Waals surface area contributed by atoms with Crippen LogP contribution >= 0.6 is 11.3 Å². The SMILES string of the molecule is CCCc1cc(C(=O)N(C)Cc2cc(C(=O)OC)c(C)o2)sc1C. The lowest BCUT2D eigenvalue weighted by Crippen LogP contribution is -2.25. The van der Waals surface area contributed by atoms with Gasteiger partial charge in [0.05, 0.1) is 18.5 Å². The van der Waals surface area contributed by atoms with Crippen molar-refractivity contribution in [2.24, 2.45) is 0 Å². The first-order chi connectivity index (χ1) is 11.4. The Morgan fingerprint density at radius 3 is 2.62 bits per heavy atom. The summed E-state index contributed by atoms with van der Waals surface area (Å²) in [5.41, 5.74) is 1.63. The fourth-order valence-corrected chi connectivity index (χ4v) is 3.64. The average Bonchev–Trinajstić information content (AvgIpc) is 3.09. The molecule has 0 fully saturated rings. The van der Waals surface area contributed by atoms with E-state index in [1.165, 1.54) is 28.9 Å². The molecule has 0 saturated carbocycles. The summed E-state index contributed by atoms with van der Waals surface area (Å²) in [5.74, 6) is 0.578. The lowest BCUT2D eigenvalue weighted by molar-refractivity contribution is 0.0598. The second-order valence-electron chi connectivity index (χ2n) is 5.78. The molecule has 0 aliphatic rings. The van der Waals surface area contributed by atoms with Crippen LogP contribution in [0.3, 0.4) is 0 Å². The van der Waals surface area contributed by atoms with E-state index in [9.17, 15) is 9.59 Å². The fourth-order valence-electron chi connectivity index (χ4n) is 2.57. The Balaban J connectivity index is 2.12. The number of rotatable bonds is 6. The highest BCUT2D eigenvalue weighted by atomic mass is 32.1. The van der Waals surface area contributed by atoms with Gasteiger partial charge >= 0.3 is 5.97 Å². The summed E-state index contributed by atoms with van der Waals surface area (Å²) < 4.78 is 10.3. The Morgan fingerprint density at radius 2 is 2.00 bits per heavy atom. The molecule has 2 aromatic rings. The molecular formula is C18H23NO4S. The number of nitrogens with zero attached hydrogens (tertiary/aromatic N) is 1. The van der Waals surface area contributed by atoms with Gasteiger partial charge in [-0.25, -0.2) is 4.79 Å². The molecule has 2 rings (SSSR count). The number of amides is 1. The maximum atomic E-state index is 12.6. The molecule has 130 valence electrons. The molecule has 0 aromatic carbocycles. The first-order valence-corrected chi connectivity index (χ1v) is 8.71. The van der Waals surface area contributed by atoms with E-state index in [2.05, 4.69) is 6.92 Å². The van der Waals surface area contributed by atoms with Gasteiger partial charge in [0.2, 0.25) is 0 Å². The number of carbonyl (C=O) groups excluding carboxylic acids is 2. The summed E-state index contributed by atoms with van der Waals surface area (Å²) in [6.07, 6.45) is 2.04. The van der Waals surface area contributed by atoms with Crippen LogP contribution in [0.15, 0.2) is 16.5 Å². The van der Waals surface area contributed by atoms with Crippen molar-refractivity contribution in [3.05, 3.63) is 44.5 Å². The number of hydrogen-bond acceptors (Lipinski definition) is 5. The van der Waals surface area contributed by atoms with Crippen LogP contribution in [0.2, 0.25) is 0 Å². The van der Waals surface area contributed by atoms with Gasteiger partial charge in [-0.2, -0.15) is 0 Å². The Kier molecular flexibility index (Phi) is 5.83. The molecule has 2 aromatic heterocycles. The van der Waals surface area contributed by atoms with Gasteiger partial charge in [-0.05, 0) is 38.0 Å². The second kappa shape index (κ2) is 7.66. The minimum atomic E-state index is -0.436. The van der Waals surface area contributed by atoms with Gasteiger partial charge in [-0.1, -0.05) is 13.3 Å². The molecule has 2 heterocycles. The molecule has 0 aliphatic heterocycles. The van der Waals surface area contributed by atoms with E-state index in [-0.39, 0.29) is 5.91 Å². The van der Waals surface area contributed by atoms with Gasteiger partial charge in [0.25, 0.3) is 5.91 Å².